The first-order chi connectivity index (χ1) is 10.2. The van der Waals surface area contributed by atoms with Crippen molar-refractivity contribution in [2.45, 2.75) is 70.3 Å². The number of hydrazine groups is 2. The summed E-state index contributed by atoms with van der Waals surface area (Å²) < 4.78 is 0. The fraction of sp³-hybridized carbons (Fsp3) is 0.938. The summed E-state index contributed by atoms with van der Waals surface area (Å²) in [5.41, 5.74) is 0. The van der Waals surface area contributed by atoms with Gasteiger partial charge in [0.25, 0.3) is 10.9 Å². The Bertz CT molecular complexity index is 364. The molecule has 1 atom stereocenters. The molecule has 2 aliphatic carbocycles. The lowest BCUT2D eigenvalue weighted by atomic mass is 9.78. The molecule has 0 aromatic carbocycles. The van der Waals surface area contributed by atoms with Crippen LogP contribution in [0.2, 0.25) is 0 Å². The average molecular weight is 294 g/mol. The maximum Gasteiger partial charge on any atom is 0.290 e. The van der Waals surface area contributed by atoms with Gasteiger partial charge < -0.3 is 0 Å². The van der Waals surface area contributed by atoms with Gasteiger partial charge in [0, 0.05) is 0 Å². The maximum absolute atomic E-state index is 12.5. The molecular formula is C16H28N3O2+. The van der Waals surface area contributed by atoms with Gasteiger partial charge in [-0.1, -0.05) is 38.5 Å². The Kier molecular flexibility index (Phi) is 4.45. The van der Waals surface area contributed by atoms with Crippen LogP contribution in [-0.4, -0.2) is 40.5 Å². The van der Waals surface area contributed by atoms with Crippen molar-refractivity contribution in [2.24, 2.45) is 11.8 Å². The second-order valence-electron chi connectivity index (χ2n) is 7.03. The number of nitroso groups, excluding NO2 is 1. The molecule has 118 valence electrons. The summed E-state index contributed by atoms with van der Waals surface area (Å²) in [5.74, 6) is 0.542. The number of rotatable bonds is 2. The molecule has 1 unspecified atom stereocenters. The van der Waals surface area contributed by atoms with Gasteiger partial charge >= 0.3 is 0 Å². The fourth-order valence-corrected chi connectivity index (χ4v) is 4.40. The van der Waals surface area contributed by atoms with E-state index >= 15 is 0 Å². The van der Waals surface area contributed by atoms with Crippen LogP contribution in [0, 0.1) is 16.7 Å². The zero-order chi connectivity index (χ0) is 14.8. The van der Waals surface area contributed by atoms with Gasteiger partial charge in [-0.05, 0) is 36.6 Å². The number of carbonyl (C=O) groups excluding carboxylic acids is 1. The maximum atomic E-state index is 12.5. The smallest absolute Gasteiger partial charge is 0.268 e. The number of carbonyl (C=O) groups is 1. The molecule has 1 heterocycles. The van der Waals surface area contributed by atoms with E-state index in [1.165, 1.54) is 43.5 Å². The van der Waals surface area contributed by atoms with Crippen molar-refractivity contribution in [2.75, 3.05) is 13.6 Å². The quantitative estimate of drug-likeness (QED) is 0.736. The minimum atomic E-state index is 0.0300. The molecule has 3 aliphatic rings. The van der Waals surface area contributed by atoms with Crippen LogP contribution < -0.4 is 0 Å². The molecule has 2 saturated carbocycles. The topological polar surface area (TPSA) is 43.6 Å². The second kappa shape index (κ2) is 6.32. The first-order valence-corrected chi connectivity index (χ1v) is 8.70. The minimum absolute atomic E-state index is 0.0300. The largest absolute Gasteiger partial charge is 0.290 e. The molecule has 0 bridgehead atoms. The second-order valence-corrected chi connectivity index (χ2v) is 7.03. The van der Waals surface area contributed by atoms with E-state index in [1.807, 2.05) is 5.01 Å². The van der Waals surface area contributed by atoms with Gasteiger partial charge in [0.1, 0.15) is 0 Å². The van der Waals surface area contributed by atoms with E-state index in [4.69, 9.17) is 0 Å². The number of hydrogen-bond acceptors (Lipinski definition) is 2. The monoisotopic (exact) mass is 294 g/mol. The first-order valence-electron chi connectivity index (χ1n) is 8.70. The van der Waals surface area contributed by atoms with E-state index in [0.717, 1.165) is 30.7 Å². The van der Waals surface area contributed by atoms with E-state index in [2.05, 4.69) is 0 Å². The van der Waals surface area contributed by atoms with E-state index in [9.17, 15) is 9.70 Å². The Morgan fingerprint density at radius 3 is 2.14 bits per heavy atom. The Balaban J connectivity index is 1.74. The highest BCUT2D eigenvalue weighted by atomic mass is 16.4. The Hall–Kier alpha value is -1.13. The summed E-state index contributed by atoms with van der Waals surface area (Å²) >= 11 is 0. The highest BCUT2D eigenvalue weighted by Gasteiger charge is 2.49. The van der Waals surface area contributed by atoms with Crippen LogP contribution in [0.25, 0.3) is 0 Å². The van der Waals surface area contributed by atoms with Crippen LogP contribution in [0.3, 0.4) is 0 Å². The summed E-state index contributed by atoms with van der Waals surface area (Å²) in [6.45, 7) is 0.641. The summed E-state index contributed by atoms with van der Waals surface area (Å²) in [6, 6.07) is 0.331. The lowest BCUT2D eigenvalue weighted by Gasteiger charge is -2.38. The molecule has 21 heavy (non-hydrogen) atoms. The summed E-state index contributed by atoms with van der Waals surface area (Å²) in [6.07, 6.45) is 12.0. The van der Waals surface area contributed by atoms with Gasteiger partial charge in [-0.15, -0.1) is 5.01 Å². The lowest BCUT2D eigenvalue weighted by Crippen LogP contribution is -2.61. The van der Waals surface area contributed by atoms with E-state index in [-0.39, 0.29) is 11.8 Å². The highest BCUT2D eigenvalue weighted by molar-refractivity contribution is 5.78. The summed E-state index contributed by atoms with van der Waals surface area (Å²) in [7, 11) is 1.64. The number of nitrogens with zero attached hydrogens (tertiary/aromatic N) is 3. The molecule has 0 aromatic rings. The van der Waals surface area contributed by atoms with Crippen molar-refractivity contribution < 1.29 is 9.77 Å². The van der Waals surface area contributed by atoms with Gasteiger partial charge in [-0.25, -0.2) is 0 Å². The molecule has 3 fully saturated rings. The summed E-state index contributed by atoms with van der Waals surface area (Å²) in [5, 5.41) is 3.26. The number of hydrogen-bond donors (Lipinski definition) is 0. The van der Waals surface area contributed by atoms with Crippen LogP contribution >= 0.6 is 0 Å². The highest BCUT2D eigenvalue weighted by Crippen LogP contribution is 2.35. The molecule has 0 N–H and O–H groups in total. The zero-order valence-corrected chi connectivity index (χ0v) is 13.2. The third-order valence-corrected chi connectivity index (χ3v) is 5.71. The van der Waals surface area contributed by atoms with E-state index < -0.39 is 0 Å². The van der Waals surface area contributed by atoms with Crippen LogP contribution in [0.5, 0.6) is 0 Å². The number of amides is 1. The molecule has 1 amide bonds. The van der Waals surface area contributed by atoms with E-state index in [0.29, 0.717) is 18.5 Å². The first kappa shape index (κ1) is 14.8. The van der Waals surface area contributed by atoms with Crippen LogP contribution in [0.4, 0.5) is 0 Å². The Labute approximate surface area is 127 Å². The van der Waals surface area contributed by atoms with Crippen LogP contribution in [0.1, 0.15) is 64.2 Å². The van der Waals surface area contributed by atoms with Crippen molar-refractivity contribution >= 4 is 5.91 Å². The van der Waals surface area contributed by atoms with Crippen LogP contribution in [-0.2, 0) is 4.79 Å². The van der Waals surface area contributed by atoms with Crippen molar-refractivity contribution in [3.05, 3.63) is 4.91 Å². The van der Waals surface area contributed by atoms with Gasteiger partial charge in [0.2, 0.25) is 0 Å². The lowest BCUT2D eigenvalue weighted by molar-refractivity contribution is -0.825. The predicted octanol–water partition coefficient (Wildman–Crippen LogP) is 2.90. The van der Waals surface area contributed by atoms with Crippen molar-refractivity contribution in [3.63, 3.8) is 0 Å². The molecule has 5 nitrogen and oxygen atoms in total. The predicted molar refractivity (Wildman–Crippen MR) is 80.0 cm³/mol. The van der Waals surface area contributed by atoms with Gasteiger partial charge in [0.15, 0.2) is 0 Å². The van der Waals surface area contributed by atoms with Gasteiger partial charge in [0.05, 0.1) is 30.5 Å². The molecular weight excluding hydrogens is 266 g/mol. The van der Waals surface area contributed by atoms with Crippen molar-refractivity contribution in [1.29, 1.82) is 0 Å². The third kappa shape index (κ3) is 2.92. The molecule has 3 rings (SSSR count). The molecule has 0 spiro atoms. The average Bonchev–Trinajstić information content (AvgIpc) is 2.55. The fourth-order valence-electron chi connectivity index (χ4n) is 4.40. The van der Waals surface area contributed by atoms with Crippen molar-refractivity contribution in [1.82, 2.24) is 10.0 Å². The molecule has 5 heteroatoms. The zero-order valence-electron chi connectivity index (χ0n) is 13.2. The standard InChI is InChI=1S/C16H28N3O2/c1-17-16(20)15(13-8-4-2-5-9-13)12-18(19(17)21)14-10-6-3-7-11-14/h13-15H,2-12H2,1H3/q+1. The Morgan fingerprint density at radius 1 is 0.952 bits per heavy atom. The molecule has 1 aliphatic heterocycles. The van der Waals surface area contributed by atoms with Crippen LogP contribution in [0.15, 0.2) is 0 Å². The minimum Gasteiger partial charge on any atom is -0.268 e. The summed E-state index contributed by atoms with van der Waals surface area (Å²) in [4.78, 5) is 25.8. The Morgan fingerprint density at radius 2 is 1.52 bits per heavy atom. The van der Waals surface area contributed by atoms with Crippen molar-refractivity contribution in [3.8, 4) is 0 Å². The SMILES string of the molecule is CN1C(=O)C(C2CCCCC2)CN(C2CCCCC2)[N+]1=O. The van der Waals surface area contributed by atoms with Gasteiger partial charge in [-0.3, -0.25) is 4.79 Å². The molecule has 0 aromatic heterocycles. The van der Waals surface area contributed by atoms with E-state index in [1.54, 1.807) is 7.05 Å². The normalized spacial score (nSPS) is 30.0. The van der Waals surface area contributed by atoms with Gasteiger partial charge in [-0.2, -0.15) is 0 Å². The molecule has 1 saturated heterocycles. The third-order valence-electron chi connectivity index (χ3n) is 5.71. The molecule has 0 radical (unpaired) electrons.